The SMILES string of the molecule is c1ccc(-c2ccc(N(c3ccc(-c4ccc5c6ccc7ccccc7c6n(-c6ccccc6)c5c4)cc3)c3ccc(-c4ccccc4)c4c3sc3ccccc34)cc2)cc1. The molecule has 0 N–H and O–H groups in total. The molecule has 0 aliphatic rings. The second-order valence-electron chi connectivity index (χ2n) is 15.7. The van der Waals surface area contributed by atoms with Gasteiger partial charge in [0.05, 0.1) is 21.4 Å². The van der Waals surface area contributed by atoms with Gasteiger partial charge >= 0.3 is 0 Å². The fraction of sp³-hybridized carbons (Fsp3) is 0. The second-order valence-corrected chi connectivity index (χ2v) is 16.7. The number of para-hydroxylation sites is 1. The van der Waals surface area contributed by atoms with Gasteiger partial charge in [-0.2, -0.15) is 0 Å². The molecular formula is C58H38N2S. The van der Waals surface area contributed by atoms with Gasteiger partial charge in [-0.3, -0.25) is 0 Å². The van der Waals surface area contributed by atoms with Crippen molar-refractivity contribution < 1.29 is 0 Å². The minimum atomic E-state index is 1.10. The fourth-order valence-corrected chi connectivity index (χ4v) is 10.5. The van der Waals surface area contributed by atoms with Crippen LogP contribution in [0.1, 0.15) is 0 Å². The lowest BCUT2D eigenvalue weighted by Gasteiger charge is -2.27. The molecule has 0 aliphatic carbocycles. The Labute approximate surface area is 358 Å². The van der Waals surface area contributed by atoms with Crippen molar-refractivity contribution in [1.82, 2.24) is 4.57 Å². The van der Waals surface area contributed by atoms with Gasteiger partial charge in [-0.15, -0.1) is 11.3 Å². The Balaban J connectivity index is 1.03. The molecule has 286 valence electrons. The van der Waals surface area contributed by atoms with Crippen molar-refractivity contribution in [1.29, 1.82) is 0 Å². The first-order chi connectivity index (χ1) is 30.3. The quantitative estimate of drug-likeness (QED) is 0.156. The number of hydrogen-bond donors (Lipinski definition) is 0. The summed E-state index contributed by atoms with van der Waals surface area (Å²) in [5, 5.41) is 7.59. The van der Waals surface area contributed by atoms with Crippen LogP contribution in [0.2, 0.25) is 0 Å². The maximum atomic E-state index is 2.45. The zero-order valence-corrected chi connectivity index (χ0v) is 34.1. The average molecular weight is 795 g/mol. The Kier molecular flexibility index (Phi) is 8.39. The number of hydrogen-bond acceptors (Lipinski definition) is 2. The molecule has 0 amide bonds. The summed E-state index contributed by atoms with van der Waals surface area (Å²) < 4.78 is 5.00. The van der Waals surface area contributed by atoms with Crippen molar-refractivity contribution in [3.05, 3.63) is 231 Å². The summed E-state index contributed by atoms with van der Waals surface area (Å²) in [5.74, 6) is 0. The minimum absolute atomic E-state index is 1.10. The van der Waals surface area contributed by atoms with Gasteiger partial charge in [0.15, 0.2) is 0 Å². The van der Waals surface area contributed by atoms with E-state index in [1.54, 1.807) is 0 Å². The lowest BCUT2D eigenvalue weighted by Crippen LogP contribution is -2.10. The molecule has 3 heteroatoms. The first kappa shape index (κ1) is 35.2. The van der Waals surface area contributed by atoms with E-state index in [1.165, 1.54) is 86.1 Å². The van der Waals surface area contributed by atoms with E-state index in [2.05, 4.69) is 240 Å². The van der Waals surface area contributed by atoms with Gasteiger partial charge < -0.3 is 9.47 Å². The van der Waals surface area contributed by atoms with Crippen LogP contribution in [0, 0.1) is 0 Å². The van der Waals surface area contributed by atoms with E-state index in [0.29, 0.717) is 0 Å². The molecular weight excluding hydrogens is 757 g/mol. The van der Waals surface area contributed by atoms with Crippen LogP contribution in [0.4, 0.5) is 17.1 Å². The topological polar surface area (TPSA) is 8.17 Å². The lowest BCUT2D eigenvalue weighted by atomic mass is 9.98. The maximum absolute atomic E-state index is 2.45. The Bertz CT molecular complexity index is 3550. The standard InChI is InChI=1S/C58H38N2S/c1-4-14-39(15-5-1)40-24-30-46(31-25-40)59(53-37-36-48(42-16-6-2-7-17-42)56-52-22-12-13-23-55(52)61-58(53)56)47-32-26-41(27-33-47)44-29-34-50-51-35-28-43-18-10-11-21-49(43)57(51)60(54(50)38-44)45-19-8-3-9-20-45/h1-38H. The predicted molar refractivity (Wildman–Crippen MR) is 262 cm³/mol. The highest BCUT2D eigenvalue weighted by molar-refractivity contribution is 7.26. The molecule has 2 aromatic heterocycles. The molecule has 10 aromatic carbocycles. The zero-order chi connectivity index (χ0) is 40.3. The first-order valence-corrected chi connectivity index (χ1v) is 21.7. The Morgan fingerprint density at radius 1 is 0.377 bits per heavy atom. The van der Waals surface area contributed by atoms with Gasteiger partial charge in [-0.1, -0.05) is 176 Å². The number of benzene rings is 10. The number of anilines is 3. The molecule has 12 aromatic rings. The normalized spacial score (nSPS) is 11.6. The number of thiophene rings is 1. The summed E-state index contributed by atoms with van der Waals surface area (Å²) in [6, 6.07) is 84.0. The van der Waals surface area contributed by atoms with Gasteiger partial charge in [-0.25, -0.2) is 0 Å². The van der Waals surface area contributed by atoms with Gasteiger partial charge in [0.1, 0.15) is 0 Å². The summed E-state index contributed by atoms with van der Waals surface area (Å²) in [5.41, 5.74) is 14.2. The van der Waals surface area contributed by atoms with Crippen LogP contribution in [0.25, 0.3) is 91.8 Å². The average Bonchev–Trinajstić information content (AvgIpc) is 3.90. The Morgan fingerprint density at radius 2 is 0.934 bits per heavy atom. The third kappa shape index (κ3) is 5.93. The summed E-state index contributed by atoms with van der Waals surface area (Å²) in [4.78, 5) is 2.44. The third-order valence-corrected chi connectivity index (χ3v) is 13.4. The van der Waals surface area contributed by atoms with Gasteiger partial charge in [-0.05, 0) is 93.4 Å². The van der Waals surface area contributed by atoms with Crippen LogP contribution in [0.15, 0.2) is 231 Å². The van der Waals surface area contributed by atoms with E-state index in [1.807, 2.05) is 11.3 Å². The van der Waals surface area contributed by atoms with Crippen molar-refractivity contribution in [3.8, 4) is 39.1 Å². The largest absolute Gasteiger partial charge is 0.309 e. The highest BCUT2D eigenvalue weighted by Gasteiger charge is 2.22. The molecule has 2 heterocycles. The van der Waals surface area contributed by atoms with Crippen molar-refractivity contribution in [2.75, 3.05) is 4.90 Å². The van der Waals surface area contributed by atoms with Crippen molar-refractivity contribution in [3.63, 3.8) is 0 Å². The highest BCUT2D eigenvalue weighted by Crippen LogP contribution is 2.49. The molecule has 0 saturated heterocycles. The van der Waals surface area contributed by atoms with E-state index in [0.717, 1.165) is 22.7 Å². The molecule has 0 saturated carbocycles. The van der Waals surface area contributed by atoms with E-state index in [-0.39, 0.29) is 0 Å². The Morgan fingerprint density at radius 3 is 1.66 bits per heavy atom. The minimum Gasteiger partial charge on any atom is -0.309 e. The van der Waals surface area contributed by atoms with E-state index in [9.17, 15) is 0 Å². The molecule has 0 atom stereocenters. The summed E-state index contributed by atoms with van der Waals surface area (Å²) in [7, 11) is 0. The zero-order valence-electron chi connectivity index (χ0n) is 33.2. The van der Waals surface area contributed by atoms with Gasteiger partial charge in [0.2, 0.25) is 0 Å². The van der Waals surface area contributed by atoms with Crippen LogP contribution in [-0.2, 0) is 0 Å². The van der Waals surface area contributed by atoms with E-state index < -0.39 is 0 Å². The van der Waals surface area contributed by atoms with Crippen LogP contribution in [0.3, 0.4) is 0 Å². The van der Waals surface area contributed by atoms with Crippen LogP contribution >= 0.6 is 11.3 Å². The smallest absolute Gasteiger partial charge is 0.0640 e. The van der Waals surface area contributed by atoms with Gasteiger partial charge in [0, 0.05) is 48.7 Å². The molecule has 0 fully saturated rings. The molecule has 12 rings (SSSR count). The summed E-state index contributed by atoms with van der Waals surface area (Å²) in [6.45, 7) is 0. The summed E-state index contributed by atoms with van der Waals surface area (Å²) >= 11 is 1.87. The maximum Gasteiger partial charge on any atom is 0.0640 e. The number of nitrogens with zero attached hydrogens (tertiary/aromatic N) is 2. The number of aromatic nitrogens is 1. The molecule has 0 bridgehead atoms. The molecule has 0 radical (unpaired) electrons. The first-order valence-electron chi connectivity index (χ1n) is 20.8. The summed E-state index contributed by atoms with van der Waals surface area (Å²) in [6.07, 6.45) is 0. The van der Waals surface area contributed by atoms with Crippen molar-refractivity contribution >= 4 is 81.1 Å². The molecule has 0 aliphatic heterocycles. The molecule has 61 heavy (non-hydrogen) atoms. The van der Waals surface area contributed by atoms with Gasteiger partial charge in [0.25, 0.3) is 0 Å². The molecule has 2 nitrogen and oxygen atoms in total. The van der Waals surface area contributed by atoms with E-state index >= 15 is 0 Å². The molecule has 0 unspecified atom stereocenters. The number of fused-ring (bicyclic) bond motifs is 8. The van der Waals surface area contributed by atoms with Crippen molar-refractivity contribution in [2.45, 2.75) is 0 Å². The fourth-order valence-electron chi connectivity index (χ4n) is 9.32. The predicted octanol–water partition coefficient (Wildman–Crippen LogP) is 16.8. The van der Waals surface area contributed by atoms with E-state index in [4.69, 9.17) is 0 Å². The molecule has 0 spiro atoms. The number of rotatable bonds is 7. The highest BCUT2D eigenvalue weighted by atomic mass is 32.1. The van der Waals surface area contributed by atoms with Crippen molar-refractivity contribution in [2.24, 2.45) is 0 Å². The van der Waals surface area contributed by atoms with Crippen LogP contribution in [0.5, 0.6) is 0 Å². The lowest BCUT2D eigenvalue weighted by molar-refractivity contribution is 1.19. The third-order valence-electron chi connectivity index (χ3n) is 12.2. The van der Waals surface area contributed by atoms with Crippen LogP contribution < -0.4 is 4.90 Å². The Hall–Kier alpha value is -7.72. The second kappa shape index (κ2) is 14.5. The van der Waals surface area contributed by atoms with Crippen LogP contribution in [-0.4, -0.2) is 4.57 Å². The monoisotopic (exact) mass is 794 g/mol.